The van der Waals surface area contributed by atoms with E-state index in [-0.39, 0.29) is 0 Å². The Kier molecular flexibility index (Phi) is 2.90. The van der Waals surface area contributed by atoms with E-state index in [1.165, 1.54) is 21.7 Å². The van der Waals surface area contributed by atoms with Gasteiger partial charge in [-0.05, 0) is 21.7 Å². The first-order chi connectivity index (χ1) is 10.3. The number of halogens is 1. The Morgan fingerprint density at radius 3 is 1.90 bits per heavy atom. The molecule has 0 aromatic heterocycles. The standard InChI is InChI=1S/C20H13Cl/c21-20-17-10-4-2-7-15(17)12-13-19(20)18-11-5-8-14-6-1-3-9-16(14)18/h1-13H. The molecule has 0 N–H and O–H groups in total. The maximum atomic E-state index is 6.68. The van der Waals surface area contributed by atoms with Crippen LogP contribution in [0.15, 0.2) is 78.9 Å². The predicted octanol–water partition coefficient (Wildman–Crippen LogP) is 6.31. The van der Waals surface area contributed by atoms with Gasteiger partial charge >= 0.3 is 0 Å². The highest BCUT2D eigenvalue weighted by Crippen LogP contribution is 2.37. The van der Waals surface area contributed by atoms with Crippen LogP contribution in [0, 0.1) is 0 Å². The second-order valence-corrected chi connectivity index (χ2v) is 5.55. The summed E-state index contributed by atoms with van der Waals surface area (Å²) in [6, 6.07) is 27.3. The second-order valence-electron chi connectivity index (χ2n) is 5.17. The minimum Gasteiger partial charge on any atom is -0.0830 e. The first-order valence-corrected chi connectivity index (χ1v) is 7.38. The third kappa shape index (κ3) is 2.00. The third-order valence-electron chi connectivity index (χ3n) is 3.94. The van der Waals surface area contributed by atoms with Crippen molar-refractivity contribution in [2.75, 3.05) is 0 Å². The van der Waals surface area contributed by atoms with Gasteiger partial charge in [-0.3, -0.25) is 0 Å². The van der Waals surface area contributed by atoms with E-state index < -0.39 is 0 Å². The molecule has 0 nitrogen and oxygen atoms in total. The highest BCUT2D eigenvalue weighted by Gasteiger charge is 2.09. The zero-order valence-corrected chi connectivity index (χ0v) is 12.1. The van der Waals surface area contributed by atoms with Gasteiger partial charge in [-0.15, -0.1) is 0 Å². The molecule has 4 aromatic rings. The summed E-state index contributed by atoms with van der Waals surface area (Å²) in [6.07, 6.45) is 0. The minimum absolute atomic E-state index is 0.824. The molecule has 0 aliphatic rings. The first-order valence-electron chi connectivity index (χ1n) is 7.00. The van der Waals surface area contributed by atoms with Gasteiger partial charge in [0.05, 0.1) is 5.02 Å². The molecule has 4 aromatic carbocycles. The molecule has 100 valence electrons. The quantitative estimate of drug-likeness (QED) is 0.385. The molecular formula is C20H13Cl. The Morgan fingerprint density at radius 1 is 0.476 bits per heavy atom. The summed E-state index contributed by atoms with van der Waals surface area (Å²) >= 11 is 6.68. The Balaban J connectivity index is 2.07. The molecule has 4 rings (SSSR count). The van der Waals surface area contributed by atoms with Gasteiger partial charge in [0.1, 0.15) is 0 Å². The lowest BCUT2D eigenvalue weighted by atomic mass is 9.96. The average Bonchev–Trinajstić information content (AvgIpc) is 2.55. The maximum absolute atomic E-state index is 6.68. The average molecular weight is 289 g/mol. The summed E-state index contributed by atoms with van der Waals surface area (Å²) in [7, 11) is 0. The normalized spacial score (nSPS) is 11.1. The molecule has 0 unspecified atom stereocenters. The molecule has 0 saturated heterocycles. The van der Waals surface area contributed by atoms with E-state index in [1.54, 1.807) is 0 Å². The molecule has 0 bridgehead atoms. The van der Waals surface area contributed by atoms with E-state index in [0.29, 0.717) is 0 Å². The van der Waals surface area contributed by atoms with Crippen molar-refractivity contribution in [1.29, 1.82) is 0 Å². The predicted molar refractivity (Wildman–Crippen MR) is 91.9 cm³/mol. The SMILES string of the molecule is Clc1c(-c2cccc3ccccc23)ccc2ccccc12. The lowest BCUT2D eigenvalue weighted by Crippen LogP contribution is -1.84. The van der Waals surface area contributed by atoms with Crippen LogP contribution >= 0.6 is 11.6 Å². The topological polar surface area (TPSA) is 0 Å². The summed E-state index contributed by atoms with van der Waals surface area (Å²) < 4.78 is 0. The van der Waals surface area contributed by atoms with E-state index in [4.69, 9.17) is 11.6 Å². The van der Waals surface area contributed by atoms with Gasteiger partial charge in [-0.25, -0.2) is 0 Å². The third-order valence-corrected chi connectivity index (χ3v) is 4.35. The van der Waals surface area contributed by atoms with Crippen molar-refractivity contribution in [3.63, 3.8) is 0 Å². The van der Waals surface area contributed by atoms with Crippen LogP contribution in [0.2, 0.25) is 5.02 Å². The van der Waals surface area contributed by atoms with Crippen molar-refractivity contribution in [1.82, 2.24) is 0 Å². The molecule has 0 fully saturated rings. The molecule has 0 heterocycles. The molecule has 0 amide bonds. The fraction of sp³-hybridized carbons (Fsp3) is 0. The van der Waals surface area contributed by atoms with E-state index in [2.05, 4.69) is 66.7 Å². The smallest absolute Gasteiger partial charge is 0.0562 e. The number of hydrogen-bond donors (Lipinski definition) is 0. The van der Waals surface area contributed by atoms with Crippen molar-refractivity contribution in [2.45, 2.75) is 0 Å². The van der Waals surface area contributed by atoms with Crippen LogP contribution in [-0.2, 0) is 0 Å². The van der Waals surface area contributed by atoms with Crippen LogP contribution in [0.1, 0.15) is 0 Å². The van der Waals surface area contributed by atoms with Gasteiger partial charge in [0.2, 0.25) is 0 Å². The van der Waals surface area contributed by atoms with E-state index in [1.807, 2.05) is 12.1 Å². The van der Waals surface area contributed by atoms with Gasteiger partial charge in [0.15, 0.2) is 0 Å². The Morgan fingerprint density at radius 2 is 1.10 bits per heavy atom. The van der Waals surface area contributed by atoms with Crippen molar-refractivity contribution in [3.8, 4) is 11.1 Å². The fourth-order valence-corrected chi connectivity index (χ4v) is 3.24. The highest BCUT2D eigenvalue weighted by molar-refractivity contribution is 6.38. The summed E-state index contributed by atoms with van der Waals surface area (Å²) in [4.78, 5) is 0. The number of fused-ring (bicyclic) bond motifs is 2. The van der Waals surface area contributed by atoms with Gasteiger partial charge in [-0.2, -0.15) is 0 Å². The van der Waals surface area contributed by atoms with E-state index >= 15 is 0 Å². The number of hydrogen-bond acceptors (Lipinski definition) is 0. The van der Waals surface area contributed by atoms with Gasteiger partial charge < -0.3 is 0 Å². The van der Waals surface area contributed by atoms with Crippen molar-refractivity contribution in [2.24, 2.45) is 0 Å². The van der Waals surface area contributed by atoms with Crippen LogP contribution in [0.5, 0.6) is 0 Å². The summed E-state index contributed by atoms with van der Waals surface area (Å²) in [5.74, 6) is 0. The molecule has 0 radical (unpaired) electrons. The lowest BCUT2D eigenvalue weighted by Gasteiger charge is -2.11. The van der Waals surface area contributed by atoms with Crippen LogP contribution in [-0.4, -0.2) is 0 Å². The minimum atomic E-state index is 0.824. The Labute approximate surface area is 128 Å². The van der Waals surface area contributed by atoms with Gasteiger partial charge in [-0.1, -0.05) is 90.5 Å². The Hall–Kier alpha value is -2.31. The molecule has 21 heavy (non-hydrogen) atoms. The summed E-state index contributed by atoms with van der Waals surface area (Å²) in [5.41, 5.74) is 2.27. The second kappa shape index (κ2) is 4.91. The van der Waals surface area contributed by atoms with Crippen LogP contribution in [0.25, 0.3) is 32.7 Å². The molecule has 0 aliphatic heterocycles. The summed E-state index contributed by atoms with van der Waals surface area (Å²) in [5, 5.41) is 5.57. The monoisotopic (exact) mass is 288 g/mol. The van der Waals surface area contributed by atoms with Crippen LogP contribution in [0.4, 0.5) is 0 Å². The van der Waals surface area contributed by atoms with E-state index in [0.717, 1.165) is 16.0 Å². The maximum Gasteiger partial charge on any atom is 0.0562 e. The van der Waals surface area contributed by atoms with E-state index in [9.17, 15) is 0 Å². The molecule has 0 saturated carbocycles. The zero-order chi connectivity index (χ0) is 14.2. The molecular weight excluding hydrogens is 276 g/mol. The van der Waals surface area contributed by atoms with Crippen molar-refractivity contribution < 1.29 is 0 Å². The molecule has 0 aliphatic carbocycles. The van der Waals surface area contributed by atoms with Gasteiger partial charge in [0.25, 0.3) is 0 Å². The molecule has 1 heteroatoms. The molecule has 0 atom stereocenters. The Bertz CT molecular complexity index is 949. The first kappa shape index (κ1) is 12.4. The zero-order valence-electron chi connectivity index (χ0n) is 11.4. The van der Waals surface area contributed by atoms with Crippen molar-refractivity contribution in [3.05, 3.63) is 83.9 Å². The van der Waals surface area contributed by atoms with Crippen LogP contribution < -0.4 is 0 Å². The number of benzene rings is 4. The highest BCUT2D eigenvalue weighted by atomic mass is 35.5. The lowest BCUT2D eigenvalue weighted by molar-refractivity contribution is 1.68. The number of rotatable bonds is 1. The summed E-state index contributed by atoms with van der Waals surface area (Å²) in [6.45, 7) is 0. The molecule has 0 spiro atoms. The van der Waals surface area contributed by atoms with Crippen molar-refractivity contribution >= 4 is 33.1 Å². The largest absolute Gasteiger partial charge is 0.0830 e. The fourth-order valence-electron chi connectivity index (χ4n) is 2.90. The van der Waals surface area contributed by atoms with Gasteiger partial charge in [0, 0.05) is 10.9 Å². The van der Waals surface area contributed by atoms with Crippen LogP contribution in [0.3, 0.4) is 0 Å².